The standard InChI is InChI=1S/C25H27N3O3/c1-17(2)25-26-11-10-20(27-25)13-28-14-23(18-6-4-3-5-7-18)31-24(15-28)19-8-9-21-22(12-19)30-16-29-21/h3-12,17,23-24H,13-16H2,1-2H3/t23-,24+/m0/s1. The molecular formula is C25H27N3O3. The molecule has 0 saturated carbocycles. The normalized spacial score (nSPS) is 20.9. The van der Waals surface area contributed by atoms with Crippen LogP contribution in [0.5, 0.6) is 11.5 Å². The van der Waals surface area contributed by atoms with Crippen molar-refractivity contribution < 1.29 is 14.2 Å². The molecule has 2 aliphatic heterocycles. The van der Waals surface area contributed by atoms with Crippen LogP contribution in [0.1, 0.15) is 54.6 Å². The van der Waals surface area contributed by atoms with Gasteiger partial charge >= 0.3 is 0 Å². The lowest BCUT2D eigenvalue weighted by molar-refractivity contribution is -0.0925. The Morgan fingerprint density at radius 3 is 2.52 bits per heavy atom. The van der Waals surface area contributed by atoms with Crippen molar-refractivity contribution in [3.8, 4) is 11.5 Å². The number of ether oxygens (including phenoxy) is 3. The van der Waals surface area contributed by atoms with Gasteiger partial charge in [0, 0.05) is 31.7 Å². The van der Waals surface area contributed by atoms with Crippen molar-refractivity contribution in [1.82, 2.24) is 14.9 Å². The number of rotatable bonds is 5. The van der Waals surface area contributed by atoms with Crippen LogP contribution >= 0.6 is 0 Å². The second kappa shape index (κ2) is 8.65. The molecule has 31 heavy (non-hydrogen) atoms. The van der Waals surface area contributed by atoms with E-state index in [9.17, 15) is 0 Å². The molecule has 2 atom stereocenters. The van der Waals surface area contributed by atoms with Gasteiger partial charge in [-0.1, -0.05) is 50.2 Å². The molecule has 1 aromatic heterocycles. The Labute approximate surface area is 182 Å². The molecule has 0 unspecified atom stereocenters. The smallest absolute Gasteiger partial charge is 0.231 e. The van der Waals surface area contributed by atoms with Crippen LogP contribution in [-0.2, 0) is 11.3 Å². The van der Waals surface area contributed by atoms with Crippen LogP contribution in [0.3, 0.4) is 0 Å². The molecule has 6 heteroatoms. The topological polar surface area (TPSA) is 56.7 Å². The summed E-state index contributed by atoms with van der Waals surface area (Å²) >= 11 is 0. The van der Waals surface area contributed by atoms with Crippen LogP contribution in [0, 0.1) is 0 Å². The van der Waals surface area contributed by atoms with Crippen LogP contribution in [0.15, 0.2) is 60.8 Å². The van der Waals surface area contributed by atoms with Gasteiger partial charge in [0.2, 0.25) is 6.79 Å². The quantitative estimate of drug-likeness (QED) is 0.603. The molecule has 160 valence electrons. The van der Waals surface area contributed by atoms with E-state index in [4.69, 9.17) is 19.2 Å². The first kappa shape index (κ1) is 20.0. The Morgan fingerprint density at radius 2 is 1.71 bits per heavy atom. The van der Waals surface area contributed by atoms with Crippen LogP contribution in [-0.4, -0.2) is 34.8 Å². The van der Waals surface area contributed by atoms with Gasteiger partial charge in [-0.2, -0.15) is 0 Å². The zero-order valence-corrected chi connectivity index (χ0v) is 17.9. The van der Waals surface area contributed by atoms with E-state index in [-0.39, 0.29) is 19.0 Å². The Hall–Kier alpha value is -2.96. The average Bonchev–Trinajstić information content (AvgIpc) is 3.27. The van der Waals surface area contributed by atoms with Crippen molar-refractivity contribution >= 4 is 0 Å². The number of aromatic nitrogens is 2. The maximum absolute atomic E-state index is 6.58. The lowest BCUT2D eigenvalue weighted by Gasteiger charge is -2.38. The Morgan fingerprint density at radius 1 is 0.935 bits per heavy atom. The number of nitrogens with zero attached hydrogens (tertiary/aromatic N) is 3. The summed E-state index contributed by atoms with van der Waals surface area (Å²) in [5, 5.41) is 0. The molecule has 0 N–H and O–H groups in total. The fourth-order valence-electron chi connectivity index (χ4n) is 4.11. The minimum Gasteiger partial charge on any atom is -0.454 e. The van der Waals surface area contributed by atoms with E-state index in [2.05, 4.69) is 54.1 Å². The van der Waals surface area contributed by atoms with E-state index < -0.39 is 0 Å². The summed E-state index contributed by atoms with van der Waals surface area (Å²) in [7, 11) is 0. The summed E-state index contributed by atoms with van der Waals surface area (Å²) in [5.74, 6) is 2.77. The molecule has 0 radical (unpaired) electrons. The van der Waals surface area contributed by atoms with Gasteiger partial charge in [-0.05, 0) is 29.3 Å². The number of fused-ring (bicyclic) bond motifs is 1. The van der Waals surface area contributed by atoms with E-state index in [0.717, 1.165) is 48.2 Å². The largest absolute Gasteiger partial charge is 0.454 e. The zero-order chi connectivity index (χ0) is 21.2. The molecule has 0 spiro atoms. The van der Waals surface area contributed by atoms with E-state index in [0.29, 0.717) is 5.92 Å². The lowest BCUT2D eigenvalue weighted by Crippen LogP contribution is -2.40. The van der Waals surface area contributed by atoms with Crippen LogP contribution in [0.2, 0.25) is 0 Å². The first-order chi connectivity index (χ1) is 15.2. The van der Waals surface area contributed by atoms with Crippen molar-refractivity contribution in [2.24, 2.45) is 0 Å². The average molecular weight is 418 g/mol. The second-order valence-corrected chi connectivity index (χ2v) is 8.39. The van der Waals surface area contributed by atoms with Gasteiger partial charge < -0.3 is 14.2 Å². The minimum absolute atomic E-state index is 0.0169. The fraction of sp³-hybridized carbons (Fsp3) is 0.360. The third-order valence-corrected chi connectivity index (χ3v) is 5.75. The highest BCUT2D eigenvalue weighted by Gasteiger charge is 2.31. The van der Waals surface area contributed by atoms with Gasteiger partial charge in [0.25, 0.3) is 0 Å². The molecule has 6 nitrogen and oxygen atoms in total. The maximum atomic E-state index is 6.58. The highest BCUT2D eigenvalue weighted by atomic mass is 16.7. The Balaban J connectivity index is 1.41. The molecule has 3 aromatic rings. The highest BCUT2D eigenvalue weighted by molar-refractivity contribution is 5.45. The Kier molecular flexibility index (Phi) is 5.57. The molecule has 3 heterocycles. The van der Waals surface area contributed by atoms with E-state index >= 15 is 0 Å². The number of morpholine rings is 1. The summed E-state index contributed by atoms with van der Waals surface area (Å²) < 4.78 is 17.6. The summed E-state index contributed by atoms with van der Waals surface area (Å²) in [6, 6.07) is 18.5. The summed E-state index contributed by atoms with van der Waals surface area (Å²) in [6.07, 6.45) is 1.78. The molecule has 0 aliphatic carbocycles. The molecule has 0 bridgehead atoms. The molecule has 2 aromatic carbocycles. The number of hydrogen-bond donors (Lipinski definition) is 0. The molecular weight excluding hydrogens is 390 g/mol. The molecule has 5 rings (SSSR count). The molecule has 1 saturated heterocycles. The fourth-order valence-corrected chi connectivity index (χ4v) is 4.11. The van der Waals surface area contributed by atoms with Gasteiger partial charge in [-0.3, -0.25) is 4.90 Å². The SMILES string of the molecule is CC(C)c1nccc(CN2C[C@@H](c3ccccc3)O[C@@H](c3ccc4c(c3)OCO4)C2)n1. The van der Waals surface area contributed by atoms with Crippen molar-refractivity contribution in [2.75, 3.05) is 19.9 Å². The van der Waals surface area contributed by atoms with Crippen molar-refractivity contribution in [3.63, 3.8) is 0 Å². The molecule has 2 aliphatic rings. The summed E-state index contributed by atoms with van der Waals surface area (Å²) in [5.41, 5.74) is 3.32. The van der Waals surface area contributed by atoms with Crippen LogP contribution < -0.4 is 9.47 Å². The van der Waals surface area contributed by atoms with Crippen LogP contribution in [0.25, 0.3) is 0 Å². The predicted molar refractivity (Wildman–Crippen MR) is 117 cm³/mol. The van der Waals surface area contributed by atoms with Gasteiger partial charge in [0.15, 0.2) is 11.5 Å². The van der Waals surface area contributed by atoms with E-state index in [1.165, 1.54) is 5.56 Å². The zero-order valence-electron chi connectivity index (χ0n) is 17.9. The molecule has 0 amide bonds. The van der Waals surface area contributed by atoms with E-state index in [1.807, 2.05) is 30.5 Å². The Bertz CT molecular complexity index is 1040. The maximum Gasteiger partial charge on any atom is 0.231 e. The summed E-state index contributed by atoms with van der Waals surface area (Å²) in [6.45, 7) is 6.87. The van der Waals surface area contributed by atoms with Gasteiger partial charge in [0.05, 0.1) is 17.9 Å². The first-order valence-corrected chi connectivity index (χ1v) is 10.8. The number of hydrogen-bond acceptors (Lipinski definition) is 6. The van der Waals surface area contributed by atoms with Crippen molar-refractivity contribution in [3.05, 3.63) is 83.4 Å². The van der Waals surface area contributed by atoms with E-state index in [1.54, 1.807) is 0 Å². The first-order valence-electron chi connectivity index (χ1n) is 10.8. The van der Waals surface area contributed by atoms with Gasteiger partial charge in [-0.25, -0.2) is 9.97 Å². The predicted octanol–water partition coefficient (Wildman–Crippen LogP) is 4.64. The number of benzene rings is 2. The van der Waals surface area contributed by atoms with Gasteiger partial charge in [0.1, 0.15) is 5.82 Å². The minimum atomic E-state index is -0.0696. The summed E-state index contributed by atoms with van der Waals surface area (Å²) in [4.78, 5) is 11.6. The van der Waals surface area contributed by atoms with Crippen molar-refractivity contribution in [2.45, 2.75) is 38.5 Å². The highest BCUT2D eigenvalue weighted by Crippen LogP contribution is 2.38. The monoisotopic (exact) mass is 417 g/mol. The lowest BCUT2D eigenvalue weighted by atomic mass is 10.0. The third-order valence-electron chi connectivity index (χ3n) is 5.75. The third kappa shape index (κ3) is 4.40. The molecule has 1 fully saturated rings. The van der Waals surface area contributed by atoms with Gasteiger partial charge in [-0.15, -0.1) is 0 Å². The van der Waals surface area contributed by atoms with Crippen molar-refractivity contribution in [1.29, 1.82) is 0 Å². The van der Waals surface area contributed by atoms with Crippen LogP contribution in [0.4, 0.5) is 0 Å². The second-order valence-electron chi connectivity index (χ2n) is 8.39.